The molecule has 0 aliphatic heterocycles. The minimum Gasteiger partial charge on any atom is -0.396 e. The largest absolute Gasteiger partial charge is 0.396 e. The van der Waals surface area contributed by atoms with Crippen molar-refractivity contribution in [1.29, 1.82) is 0 Å². The number of fused-ring (bicyclic) bond motifs is 1. The molecule has 0 fully saturated rings. The third-order valence-electron chi connectivity index (χ3n) is 2.47. The van der Waals surface area contributed by atoms with E-state index in [2.05, 4.69) is 25.9 Å². The quantitative estimate of drug-likeness (QED) is 0.940. The zero-order valence-electron chi connectivity index (χ0n) is 9.07. The molecule has 1 aromatic carbocycles. The number of aryl methyl sites for hydroxylation is 2. The van der Waals surface area contributed by atoms with Gasteiger partial charge < -0.3 is 5.11 Å². The molecule has 0 atom stereocenters. The Hall–Kier alpha value is -1.00. The second kappa shape index (κ2) is 4.89. The average Bonchev–Trinajstić information content (AvgIpc) is 2.28. The van der Waals surface area contributed by atoms with E-state index in [-0.39, 0.29) is 6.61 Å². The van der Waals surface area contributed by atoms with Gasteiger partial charge in [-0.3, -0.25) is 0 Å². The molecule has 0 amide bonds. The van der Waals surface area contributed by atoms with E-state index in [1.165, 1.54) is 0 Å². The van der Waals surface area contributed by atoms with Crippen molar-refractivity contribution < 1.29 is 5.11 Å². The van der Waals surface area contributed by atoms with E-state index in [0.29, 0.717) is 12.8 Å². The average molecular weight is 281 g/mol. The number of benzene rings is 1. The van der Waals surface area contributed by atoms with Gasteiger partial charge in [0.25, 0.3) is 0 Å². The second-order valence-electron chi connectivity index (χ2n) is 3.69. The van der Waals surface area contributed by atoms with Gasteiger partial charge in [0.15, 0.2) is 0 Å². The zero-order valence-corrected chi connectivity index (χ0v) is 10.7. The van der Waals surface area contributed by atoms with E-state index in [9.17, 15) is 0 Å². The first kappa shape index (κ1) is 11.5. The molecule has 2 aromatic rings. The number of hydrogen-bond donors (Lipinski definition) is 1. The normalized spacial score (nSPS) is 10.9. The fourth-order valence-corrected chi connectivity index (χ4v) is 2.13. The molecule has 0 radical (unpaired) electrons. The Labute approximate surface area is 103 Å². The van der Waals surface area contributed by atoms with Crippen molar-refractivity contribution in [2.75, 3.05) is 6.61 Å². The van der Waals surface area contributed by atoms with Crippen molar-refractivity contribution in [3.05, 3.63) is 34.2 Å². The van der Waals surface area contributed by atoms with E-state index in [4.69, 9.17) is 5.11 Å². The first-order valence-electron chi connectivity index (χ1n) is 5.25. The summed E-state index contributed by atoms with van der Waals surface area (Å²) in [7, 11) is 0. The van der Waals surface area contributed by atoms with Crippen molar-refractivity contribution >= 4 is 26.8 Å². The molecule has 0 spiro atoms. The van der Waals surface area contributed by atoms with Gasteiger partial charge in [-0.25, -0.2) is 9.97 Å². The number of aliphatic hydroxyl groups excluding tert-OH is 1. The van der Waals surface area contributed by atoms with Gasteiger partial charge in [-0.2, -0.15) is 0 Å². The number of halogens is 1. The Morgan fingerprint density at radius 3 is 2.88 bits per heavy atom. The van der Waals surface area contributed by atoms with Crippen LogP contribution in [0, 0.1) is 6.92 Å². The summed E-state index contributed by atoms with van der Waals surface area (Å²) in [6.45, 7) is 2.16. The van der Waals surface area contributed by atoms with E-state index in [0.717, 1.165) is 26.9 Å². The lowest BCUT2D eigenvalue weighted by molar-refractivity contribution is 0.287. The van der Waals surface area contributed by atoms with Crippen LogP contribution in [0.4, 0.5) is 0 Å². The lowest BCUT2D eigenvalue weighted by Crippen LogP contribution is -2.00. The molecule has 0 aliphatic carbocycles. The van der Waals surface area contributed by atoms with Crippen LogP contribution < -0.4 is 0 Å². The molecule has 2 rings (SSSR count). The van der Waals surface area contributed by atoms with Gasteiger partial charge in [-0.15, -0.1) is 0 Å². The molecule has 0 bridgehead atoms. The lowest BCUT2D eigenvalue weighted by atomic mass is 10.2. The highest BCUT2D eigenvalue weighted by Crippen LogP contribution is 2.23. The lowest BCUT2D eigenvalue weighted by Gasteiger charge is -2.06. The molecule has 84 valence electrons. The molecular weight excluding hydrogens is 268 g/mol. The molecule has 1 aromatic heterocycles. The molecular formula is C12H13BrN2O. The Kier molecular flexibility index (Phi) is 3.51. The predicted molar refractivity (Wildman–Crippen MR) is 67.4 cm³/mol. The van der Waals surface area contributed by atoms with Crippen molar-refractivity contribution in [2.45, 2.75) is 19.8 Å². The number of rotatable bonds is 3. The van der Waals surface area contributed by atoms with Crippen molar-refractivity contribution in [1.82, 2.24) is 9.97 Å². The third-order valence-corrected chi connectivity index (χ3v) is 3.11. The number of hydrogen-bond acceptors (Lipinski definition) is 3. The zero-order chi connectivity index (χ0) is 11.5. The summed E-state index contributed by atoms with van der Waals surface area (Å²) in [5.74, 6) is 0.797. The minimum absolute atomic E-state index is 0.177. The van der Waals surface area contributed by atoms with Gasteiger partial charge in [0, 0.05) is 28.6 Å². The summed E-state index contributed by atoms with van der Waals surface area (Å²) in [4.78, 5) is 8.94. The van der Waals surface area contributed by atoms with Crippen LogP contribution in [0.15, 0.2) is 22.7 Å². The molecule has 1 N–H and O–H groups in total. The van der Waals surface area contributed by atoms with Crippen LogP contribution in [0.3, 0.4) is 0 Å². The summed E-state index contributed by atoms with van der Waals surface area (Å²) in [6.07, 6.45) is 1.42. The molecule has 16 heavy (non-hydrogen) atoms. The fourth-order valence-electron chi connectivity index (χ4n) is 1.68. The highest BCUT2D eigenvalue weighted by Gasteiger charge is 2.06. The maximum absolute atomic E-state index is 8.80. The van der Waals surface area contributed by atoms with Gasteiger partial charge in [-0.1, -0.05) is 12.1 Å². The van der Waals surface area contributed by atoms with Crippen LogP contribution in [-0.4, -0.2) is 21.7 Å². The van der Waals surface area contributed by atoms with E-state index in [1.807, 2.05) is 25.1 Å². The van der Waals surface area contributed by atoms with Crippen LogP contribution in [0.5, 0.6) is 0 Å². The Morgan fingerprint density at radius 1 is 1.31 bits per heavy atom. The van der Waals surface area contributed by atoms with Gasteiger partial charge in [0.1, 0.15) is 5.82 Å². The number of para-hydroxylation sites is 1. The van der Waals surface area contributed by atoms with E-state index >= 15 is 0 Å². The summed E-state index contributed by atoms with van der Waals surface area (Å²) < 4.78 is 0.987. The molecule has 0 aliphatic rings. The highest BCUT2D eigenvalue weighted by molar-refractivity contribution is 9.10. The molecule has 1 heterocycles. The fraction of sp³-hybridized carbons (Fsp3) is 0.333. The van der Waals surface area contributed by atoms with Crippen LogP contribution in [0.2, 0.25) is 0 Å². The molecule has 3 nitrogen and oxygen atoms in total. The predicted octanol–water partition coefficient (Wildman–Crippen LogP) is 2.63. The van der Waals surface area contributed by atoms with Gasteiger partial charge >= 0.3 is 0 Å². The summed E-state index contributed by atoms with van der Waals surface area (Å²) in [6, 6.07) is 5.98. The molecule has 0 unspecified atom stereocenters. The van der Waals surface area contributed by atoms with Crippen molar-refractivity contribution in [2.24, 2.45) is 0 Å². The van der Waals surface area contributed by atoms with Crippen LogP contribution in [-0.2, 0) is 6.42 Å². The standard InChI is InChI=1S/C12H13BrN2O/c1-8-9-4-2-5-10(13)12(9)15-11(14-8)6-3-7-16/h2,4-5,16H,3,6-7H2,1H3. The topological polar surface area (TPSA) is 46.0 Å². The first-order chi connectivity index (χ1) is 7.72. The molecule has 0 saturated heterocycles. The monoisotopic (exact) mass is 280 g/mol. The number of nitrogens with zero attached hydrogens (tertiary/aromatic N) is 2. The second-order valence-corrected chi connectivity index (χ2v) is 4.54. The molecule has 4 heteroatoms. The first-order valence-corrected chi connectivity index (χ1v) is 6.04. The Morgan fingerprint density at radius 2 is 2.12 bits per heavy atom. The SMILES string of the molecule is Cc1nc(CCCO)nc2c(Br)cccc12. The summed E-state index contributed by atoms with van der Waals surface area (Å²) >= 11 is 3.49. The maximum atomic E-state index is 8.80. The van der Waals surface area contributed by atoms with Gasteiger partial charge in [0.2, 0.25) is 0 Å². The molecule has 0 saturated carbocycles. The Bertz CT molecular complexity index is 514. The highest BCUT2D eigenvalue weighted by atomic mass is 79.9. The summed E-state index contributed by atoms with van der Waals surface area (Å²) in [5, 5.41) is 9.87. The van der Waals surface area contributed by atoms with Crippen molar-refractivity contribution in [3.8, 4) is 0 Å². The smallest absolute Gasteiger partial charge is 0.129 e. The Balaban J connectivity index is 2.52. The van der Waals surface area contributed by atoms with Crippen LogP contribution in [0.1, 0.15) is 17.9 Å². The third kappa shape index (κ3) is 2.23. The van der Waals surface area contributed by atoms with Gasteiger partial charge in [0.05, 0.1) is 5.52 Å². The van der Waals surface area contributed by atoms with Gasteiger partial charge in [-0.05, 0) is 35.3 Å². The number of aromatic nitrogens is 2. The van der Waals surface area contributed by atoms with E-state index < -0.39 is 0 Å². The van der Waals surface area contributed by atoms with Crippen LogP contribution in [0.25, 0.3) is 10.9 Å². The maximum Gasteiger partial charge on any atom is 0.129 e. The van der Waals surface area contributed by atoms with Crippen LogP contribution >= 0.6 is 15.9 Å². The van der Waals surface area contributed by atoms with Crippen molar-refractivity contribution in [3.63, 3.8) is 0 Å². The minimum atomic E-state index is 0.177. The van der Waals surface area contributed by atoms with E-state index in [1.54, 1.807) is 0 Å². The summed E-state index contributed by atoms with van der Waals surface area (Å²) in [5.41, 5.74) is 1.93. The number of aliphatic hydroxyl groups is 1.